The molecule has 0 N–H and O–H groups in total. The van der Waals surface area contributed by atoms with Crippen LogP contribution in [0.2, 0.25) is 0 Å². The molecule has 0 radical (unpaired) electrons. The van der Waals surface area contributed by atoms with E-state index in [2.05, 4.69) is 0 Å². The molecule has 0 spiro atoms. The monoisotopic (exact) mass is 809 g/mol. The summed E-state index contributed by atoms with van der Waals surface area (Å²) in [5.74, 6) is 0. The van der Waals surface area contributed by atoms with Crippen molar-refractivity contribution < 1.29 is 85.3 Å². The molecule has 0 aliphatic carbocycles. The third-order valence-corrected chi connectivity index (χ3v) is 6.52. The van der Waals surface area contributed by atoms with Gasteiger partial charge in [-0.1, -0.05) is 0 Å². The molecule has 0 bridgehead atoms. The molecule has 0 fully saturated rings. The van der Waals surface area contributed by atoms with Crippen molar-refractivity contribution in [2.75, 3.05) is 218 Å². The quantitative estimate of drug-likeness (QED) is 0.0642. The minimum atomic E-state index is -0.902. The molecule has 0 aliphatic rings. The summed E-state index contributed by atoms with van der Waals surface area (Å²) in [6.07, 6.45) is 0. The molecule has 0 amide bonds. The summed E-state index contributed by atoms with van der Waals surface area (Å²) >= 11 is 0. The zero-order valence-electron chi connectivity index (χ0n) is 34.3. The predicted octanol–water partition coefficient (Wildman–Crippen LogP) is 1.63. The standard InChI is InChI=1S/C37H76O18/c1-4-38-7-10-41-13-16-44-19-22-47-25-28-50-31-34-53-37(54-35-32-51-29-26-48-23-20-45-17-14-42-11-8-39-5-2)55-36-33-52-30-27-49-24-21-46-18-15-43-12-9-40-6-3/h37H,4-36H2,1-3H3. The van der Waals surface area contributed by atoms with Crippen LogP contribution < -0.4 is 0 Å². The first kappa shape index (κ1) is 54.3. The van der Waals surface area contributed by atoms with Crippen LogP contribution in [0, 0.1) is 0 Å². The predicted molar refractivity (Wildman–Crippen MR) is 201 cm³/mol. The molecule has 0 atom stereocenters. The van der Waals surface area contributed by atoms with Crippen LogP contribution in [-0.4, -0.2) is 225 Å². The average Bonchev–Trinajstić information content (AvgIpc) is 3.20. The second kappa shape index (κ2) is 51.3. The Balaban J connectivity index is 3.94. The van der Waals surface area contributed by atoms with E-state index in [1.807, 2.05) is 20.8 Å². The normalized spacial score (nSPS) is 11.8. The number of hydrogen-bond acceptors (Lipinski definition) is 18. The van der Waals surface area contributed by atoms with Crippen LogP contribution in [0.4, 0.5) is 0 Å². The highest BCUT2D eigenvalue weighted by atomic mass is 16.8. The Morgan fingerprint density at radius 3 is 0.455 bits per heavy atom. The zero-order valence-corrected chi connectivity index (χ0v) is 34.3. The van der Waals surface area contributed by atoms with Gasteiger partial charge in [0.15, 0.2) is 0 Å². The fourth-order valence-corrected chi connectivity index (χ4v) is 3.83. The lowest BCUT2D eigenvalue weighted by molar-refractivity contribution is -0.295. The third kappa shape index (κ3) is 49.4. The highest BCUT2D eigenvalue weighted by Crippen LogP contribution is 1.99. The maximum atomic E-state index is 5.74. The Morgan fingerprint density at radius 1 is 0.182 bits per heavy atom. The smallest absolute Gasteiger partial charge is 0.271 e. The molecule has 332 valence electrons. The van der Waals surface area contributed by atoms with Crippen molar-refractivity contribution in [2.45, 2.75) is 27.2 Å². The van der Waals surface area contributed by atoms with E-state index >= 15 is 0 Å². The van der Waals surface area contributed by atoms with Crippen molar-refractivity contribution in [3.63, 3.8) is 0 Å². The highest BCUT2D eigenvalue weighted by molar-refractivity contribution is 4.41. The van der Waals surface area contributed by atoms with Crippen molar-refractivity contribution >= 4 is 0 Å². The van der Waals surface area contributed by atoms with E-state index in [1.54, 1.807) is 0 Å². The summed E-state index contributed by atoms with van der Waals surface area (Å²) in [4.78, 5) is 0. The SMILES string of the molecule is CCOCCOCCOCCOCCOCCOC(OCCOCCOCCOCCOCCOCC)OCCOCCOCCOCCOCCOCC. The van der Waals surface area contributed by atoms with Gasteiger partial charge in [-0.2, -0.15) is 0 Å². The molecular formula is C37H76O18. The first-order valence-corrected chi connectivity index (χ1v) is 19.9. The summed E-state index contributed by atoms with van der Waals surface area (Å²) in [5, 5.41) is 0. The van der Waals surface area contributed by atoms with Gasteiger partial charge in [-0.25, -0.2) is 0 Å². The van der Waals surface area contributed by atoms with Crippen LogP contribution in [0.1, 0.15) is 20.8 Å². The fraction of sp³-hybridized carbons (Fsp3) is 1.00. The highest BCUT2D eigenvalue weighted by Gasteiger charge is 2.10. The molecule has 0 unspecified atom stereocenters. The van der Waals surface area contributed by atoms with Crippen molar-refractivity contribution in [1.82, 2.24) is 0 Å². The van der Waals surface area contributed by atoms with Crippen LogP contribution >= 0.6 is 0 Å². The van der Waals surface area contributed by atoms with Crippen LogP contribution in [0.25, 0.3) is 0 Å². The molecule has 0 saturated carbocycles. The lowest BCUT2D eigenvalue weighted by Crippen LogP contribution is -2.27. The number of hydrogen-bond donors (Lipinski definition) is 0. The Labute approximate surface area is 330 Å². The Kier molecular flexibility index (Phi) is 50.6. The summed E-state index contributed by atoms with van der Waals surface area (Å²) in [6.45, 7) is 21.0. The fourth-order valence-electron chi connectivity index (χ4n) is 3.83. The van der Waals surface area contributed by atoms with Gasteiger partial charge in [-0.3, -0.25) is 0 Å². The molecule has 0 aliphatic heterocycles. The molecule has 55 heavy (non-hydrogen) atoms. The van der Waals surface area contributed by atoms with Crippen molar-refractivity contribution in [3.05, 3.63) is 0 Å². The Bertz CT molecular complexity index is 586. The minimum Gasteiger partial charge on any atom is -0.379 e. The molecule has 18 nitrogen and oxygen atoms in total. The van der Waals surface area contributed by atoms with E-state index in [0.29, 0.717) is 198 Å². The van der Waals surface area contributed by atoms with Crippen LogP contribution in [0.5, 0.6) is 0 Å². The molecular weight excluding hydrogens is 732 g/mol. The maximum absolute atomic E-state index is 5.74. The second-order valence-electron chi connectivity index (χ2n) is 10.8. The molecule has 0 heterocycles. The topological polar surface area (TPSA) is 166 Å². The van der Waals surface area contributed by atoms with Gasteiger partial charge in [0.1, 0.15) is 0 Å². The van der Waals surface area contributed by atoms with Gasteiger partial charge >= 0.3 is 0 Å². The molecule has 0 rings (SSSR count). The van der Waals surface area contributed by atoms with Crippen LogP contribution in [0.3, 0.4) is 0 Å². The first-order valence-electron chi connectivity index (χ1n) is 19.9. The summed E-state index contributed by atoms with van der Waals surface area (Å²) in [5.41, 5.74) is 0. The number of rotatable bonds is 51. The van der Waals surface area contributed by atoms with Gasteiger partial charge in [0.25, 0.3) is 6.48 Å². The molecule has 0 aromatic rings. The average molecular weight is 809 g/mol. The van der Waals surface area contributed by atoms with E-state index in [-0.39, 0.29) is 19.8 Å². The van der Waals surface area contributed by atoms with Gasteiger partial charge < -0.3 is 85.3 Å². The van der Waals surface area contributed by atoms with E-state index in [9.17, 15) is 0 Å². The maximum Gasteiger partial charge on any atom is 0.271 e. The minimum absolute atomic E-state index is 0.267. The summed E-state index contributed by atoms with van der Waals surface area (Å²) < 4.78 is 98.8. The van der Waals surface area contributed by atoms with Crippen molar-refractivity contribution in [3.8, 4) is 0 Å². The van der Waals surface area contributed by atoms with Gasteiger partial charge in [0, 0.05) is 19.8 Å². The molecule has 0 aromatic heterocycles. The largest absolute Gasteiger partial charge is 0.379 e. The zero-order chi connectivity index (χ0) is 39.6. The van der Waals surface area contributed by atoms with E-state index in [0.717, 1.165) is 0 Å². The third-order valence-electron chi connectivity index (χ3n) is 6.52. The van der Waals surface area contributed by atoms with Gasteiger partial charge in [0.05, 0.1) is 198 Å². The van der Waals surface area contributed by atoms with Gasteiger partial charge in [-0.05, 0) is 20.8 Å². The molecule has 0 saturated heterocycles. The van der Waals surface area contributed by atoms with Crippen molar-refractivity contribution in [1.29, 1.82) is 0 Å². The Morgan fingerprint density at radius 2 is 0.309 bits per heavy atom. The number of ether oxygens (including phenoxy) is 18. The second-order valence-corrected chi connectivity index (χ2v) is 10.8. The van der Waals surface area contributed by atoms with E-state index in [1.165, 1.54) is 0 Å². The Hall–Kier alpha value is -0.720. The summed E-state index contributed by atoms with van der Waals surface area (Å²) in [7, 11) is 0. The van der Waals surface area contributed by atoms with E-state index < -0.39 is 6.48 Å². The van der Waals surface area contributed by atoms with Crippen LogP contribution in [-0.2, 0) is 85.3 Å². The molecule has 18 heteroatoms. The van der Waals surface area contributed by atoms with Gasteiger partial charge in [-0.15, -0.1) is 0 Å². The van der Waals surface area contributed by atoms with Gasteiger partial charge in [0.2, 0.25) is 0 Å². The van der Waals surface area contributed by atoms with E-state index in [4.69, 9.17) is 85.3 Å². The first-order chi connectivity index (χ1) is 27.3. The lowest BCUT2D eigenvalue weighted by Gasteiger charge is -2.19. The van der Waals surface area contributed by atoms with Crippen LogP contribution in [0.15, 0.2) is 0 Å². The summed E-state index contributed by atoms with van der Waals surface area (Å²) in [6, 6.07) is 0. The molecule has 0 aromatic carbocycles. The van der Waals surface area contributed by atoms with Crippen molar-refractivity contribution in [2.24, 2.45) is 0 Å². The lowest BCUT2D eigenvalue weighted by atomic mass is 10.7.